The van der Waals surface area contributed by atoms with Gasteiger partial charge in [0, 0.05) is 45.7 Å². The van der Waals surface area contributed by atoms with Crippen LogP contribution in [0.1, 0.15) is 26.7 Å². The van der Waals surface area contributed by atoms with Crippen LogP contribution in [0.4, 0.5) is 0 Å². The molecule has 2 heterocycles. The van der Waals surface area contributed by atoms with Gasteiger partial charge in [-0.1, -0.05) is 18.2 Å². The summed E-state index contributed by atoms with van der Waals surface area (Å²) < 4.78 is 17.4. The summed E-state index contributed by atoms with van der Waals surface area (Å²) in [6, 6.07) is 9.82. The summed E-state index contributed by atoms with van der Waals surface area (Å²) >= 11 is 0. The predicted molar refractivity (Wildman–Crippen MR) is 92.3 cm³/mol. The smallest absolute Gasteiger partial charge is 0.119 e. The van der Waals surface area contributed by atoms with Crippen molar-refractivity contribution in [3.05, 3.63) is 30.3 Å². The van der Waals surface area contributed by atoms with Gasteiger partial charge in [-0.15, -0.1) is 0 Å². The van der Waals surface area contributed by atoms with Gasteiger partial charge in [0.05, 0.1) is 11.2 Å². The van der Waals surface area contributed by atoms with Crippen LogP contribution in [0.5, 0.6) is 5.75 Å². The first-order valence-corrected chi connectivity index (χ1v) is 8.82. The molecule has 5 nitrogen and oxygen atoms in total. The van der Waals surface area contributed by atoms with E-state index in [2.05, 4.69) is 18.7 Å². The van der Waals surface area contributed by atoms with E-state index in [1.165, 1.54) is 0 Å². The van der Waals surface area contributed by atoms with Crippen LogP contribution in [-0.4, -0.2) is 66.8 Å². The van der Waals surface area contributed by atoms with Gasteiger partial charge in [0.25, 0.3) is 0 Å². The Morgan fingerprint density at radius 2 is 1.92 bits per heavy atom. The van der Waals surface area contributed by atoms with Gasteiger partial charge < -0.3 is 19.3 Å². The third kappa shape index (κ3) is 4.93. The van der Waals surface area contributed by atoms with Crippen LogP contribution in [0.3, 0.4) is 0 Å². The Bertz CT molecular complexity index is 513. The lowest BCUT2D eigenvalue weighted by Crippen LogP contribution is -2.58. The normalized spacial score (nSPS) is 26.9. The molecule has 0 radical (unpaired) electrons. The zero-order chi connectivity index (χ0) is 17.0. The first-order chi connectivity index (χ1) is 11.4. The number of hydrogen-bond acceptors (Lipinski definition) is 5. The maximum absolute atomic E-state index is 10.8. The Hall–Kier alpha value is -1.14. The molecule has 2 aliphatic heterocycles. The van der Waals surface area contributed by atoms with Gasteiger partial charge in [0.15, 0.2) is 0 Å². The molecule has 0 aromatic heterocycles. The average Bonchev–Trinajstić information content (AvgIpc) is 2.53. The fraction of sp³-hybridized carbons (Fsp3) is 0.684. The zero-order valence-corrected chi connectivity index (χ0v) is 14.7. The highest BCUT2D eigenvalue weighted by Crippen LogP contribution is 2.27. The molecule has 1 aromatic carbocycles. The van der Waals surface area contributed by atoms with Crippen molar-refractivity contribution < 1.29 is 19.3 Å². The Morgan fingerprint density at radius 3 is 2.62 bits per heavy atom. The molecule has 24 heavy (non-hydrogen) atoms. The number of nitrogens with zero attached hydrogens (tertiary/aromatic N) is 1. The van der Waals surface area contributed by atoms with Crippen LogP contribution in [0, 0.1) is 0 Å². The van der Waals surface area contributed by atoms with Crippen molar-refractivity contribution in [2.75, 3.05) is 39.5 Å². The fourth-order valence-corrected chi connectivity index (χ4v) is 3.66. The van der Waals surface area contributed by atoms with Crippen LogP contribution in [0.25, 0.3) is 0 Å². The first-order valence-electron chi connectivity index (χ1n) is 8.82. The Morgan fingerprint density at radius 1 is 1.21 bits per heavy atom. The van der Waals surface area contributed by atoms with Crippen LogP contribution in [0.2, 0.25) is 0 Å². The number of β-amino-alcohol motifs (C(OH)–C–C–N with tert-alkyl or cyclic N) is 1. The predicted octanol–water partition coefficient (Wildman–Crippen LogP) is 2.09. The van der Waals surface area contributed by atoms with E-state index in [1.54, 1.807) is 0 Å². The largest absolute Gasteiger partial charge is 0.491 e. The van der Waals surface area contributed by atoms with Gasteiger partial charge >= 0.3 is 0 Å². The van der Waals surface area contributed by atoms with Crippen molar-refractivity contribution in [1.29, 1.82) is 0 Å². The molecule has 2 fully saturated rings. The topological polar surface area (TPSA) is 51.2 Å². The number of hydrogen-bond donors (Lipinski definition) is 1. The molecule has 0 amide bonds. The third-order valence-corrected chi connectivity index (χ3v) is 4.67. The van der Waals surface area contributed by atoms with Gasteiger partial charge in [-0.3, -0.25) is 4.90 Å². The molecular formula is C19H29NO4. The molecule has 0 saturated carbocycles. The number of benzene rings is 1. The summed E-state index contributed by atoms with van der Waals surface area (Å²) in [7, 11) is 0. The summed E-state index contributed by atoms with van der Waals surface area (Å²) in [4.78, 5) is 2.31. The third-order valence-electron chi connectivity index (χ3n) is 4.67. The minimum absolute atomic E-state index is 0.00241. The Kier molecular flexibility index (Phi) is 5.45. The highest BCUT2D eigenvalue weighted by atomic mass is 16.5. The average molecular weight is 335 g/mol. The number of ether oxygens (including phenoxy) is 3. The molecule has 1 atom stereocenters. The molecule has 1 N–H and O–H groups in total. The van der Waals surface area contributed by atoms with E-state index >= 15 is 0 Å². The van der Waals surface area contributed by atoms with Crippen molar-refractivity contribution >= 4 is 0 Å². The first kappa shape index (κ1) is 17.7. The highest BCUT2D eigenvalue weighted by Gasteiger charge is 2.38. The quantitative estimate of drug-likeness (QED) is 0.893. The van der Waals surface area contributed by atoms with Crippen molar-refractivity contribution in [3.8, 4) is 5.75 Å². The maximum atomic E-state index is 10.8. The number of aliphatic hydroxyl groups is 1. The lowest BCUT2D eigenvalue weighted by atomic mass is 9.92. The summed E-state index contributed by atoms with van der Waals surface area (Å²) in [5.41, 5.74) is -0.888. The molecule has 0 bridgehead atoms. The van der Waals surface area contributed by atoms with Crippen LogP contribution in [0.15, 0.2) is 30.3 Å². The van der Waals surface area contributed by atoms with Crippen molar-refractivity contribution in [1.82, 2.24) is 4.90 Å². The minimum Gasteiger partial charge on any atom is -0.491 e. The minimum atomic E-state index is -0.642. The molecule has 5 heteroatoms. The zero-order valence-electron chi connectivity index (χ0n) is 14.7. The van der Waals surface area contributed by atoms with E-state index in [1.807, 2.05) is 30.3 Å². The summed E-state index contributed by atoms with van der Waals surface area (Å²) in [6.07, 6.45) is 1.41. The van der Waals surface area contributed by atoms with Crippen LogP contribution < -0.4 is 4.74 Å². The summed E-state index contributed by atoms with van der Waals surface area (Å²) in [5, 5.41) is 10.8. The summed E-state index contributed by atoms with van der Waals surface area (Å²) in [5.74, 6) is 0.860. The molecule has 134 valence electrons. The molecule has 1 unspecified atom stereocenters. The van der Waals surface area contributed by atoms with Crippen molar-refractivity contribution in [2.24, 2.45) is 0 Å². The van der Waals surface area contributed by atoms with Crippen LogP contribution in [-0.2, 0) is 9.47 Å². The van der Waals surface area contributed by atoms with Gasteiger partial charge in [-0.25, -0.2) is 0 Å². The monoisotopic (exact) mass is 335 g/mol. The second-order valence-corrected chi connectivity index (χ2v) is 7.63. The standard InChI is InChI=1S/C19H29NO4/c1-18(2)14-20(15-19(21)8-10-22-11-9-19)12-17(24-18)13-23-16-6-4-3-5-7-16/h3-7,17,21H,8-15H2,1-2H3. The Balaban J connectivity index is 1.57. The molecule has 3 rings (SSSR count). The maximum Gasteiger partial charge on any atom is 0.119 e. The number of morpholine rings is 1. The molecule has 0 aliphatic carbocycles. The highest BCUT2D eigenvalue weighted by molar-refractivity contribution is 5.20. The molecule has 0 spiro atoms. The van der Waals surface area contributed by atoms with Crippen LogP contribution >= 0.6 is 0 Å². The molecule has 1 aromatic rings. The lowest BCUT2D eigenvalue weighted by Gasteiger charge is -2.46. The fourth-order valence-electron chi connectivity index (χ4n) is 3.66. The second kappa shape index (κ2) is 7.40. The van der Waals surface area contributed by atoms with Gasteiger partial charge in [0.2, 0.25) is 0 Å². The summed E-state index contributed by atoms with van der Waals surface area (Å²) in [6.45, 7) is 8.27. The van der Waals surface area contributed by atoms with Crippen molar-refractivity contribution in [3.63, 3.8) is 0 Å². The van der Waals surface area contributed by atoms with E-state index in [0.29, 0.717) is 39.2 Å². The van der Waals surface area contributed by atoms with Crippen molar-refractivity contribution in [2.45, 2.75) is 44.0 Å². The molecule has 2 aliphatic rings. The molecule has 2 saturated heterocycles. The Labute approximate surface area is 144 Å². The number of rotatable bonds is 5. The SMILES string of the molecule is CC1(C)CN(CC2(O)CCOCC2)CC(COc2ccccc2)O1. The van der Waals surface area contributed by atoms with Gasteiger partial charge in [-0.05, 0) is 26.0 Å². The van der Waals surface area contributed by atoms with Gasteiger partial charge in [0.1, 0.15) is 18.5 Å². The van der Waals surface area contributed by atoms with E-state index in [-0.39, 0.29) is 11.7 Å². The van der Waals surface area contributed by atoms with E-state index in [9.17, 15) is 5.11 Å². The van der Waals surface area contributed by atoms with E-state index < -0.39 is 5.60 Å². The number of para-hydroxylation sites is 1. The second-order valence-electron chi connectivity index (χ2n) is 7.63. The van der Waals surface area contributed by atoms with Gasteiger partial charge in [-0.2, -0.15) is 0 Å². The lowest BCUT2D eigenvalue weighted by molar-refractivity contribution is -0.163. The van der Waals surface area contributed by atoms with E-state index in [0.717, 1.165) is 18.8 Å². The molecular weight excluding hydrogens is 306 g/mol. The van der Waals surface area contributed by atoms with E-state index in [4.69, 9.17) is 14.2 Å².